The van der Waals surface area contributed by atoms with Gasteiger partial charge in [0.2, 0.25) is 0 Å². The van der Waals surface area contributed by atoms with Gasteiger partial charge >= 0.3 is 6.03 Å². The first-order valence-corrected chi connectivity index (χ1v) is 4.42. The normalized spacial score (nSPS) is 23.0. The lowest BCUT2D eigenvalue weighted by atomic mass is 10.2. The van der Waals surface area contributed by atoms with Crippen molar-refractivity contribution in [1.82, 2.24) is 9.80 Å². The number of morpholine rings is 1. The molecule has 5 nitrogen and oxygen atoms in total. The van der Waals surface area contributed by atoms with Crippen molar-refractivity contribution in [3.05, 3.63) is 0 Å². The van der Waals surface area contributed by atoms with Gasteiger partial charge in [0, 0.05) is 27.2 Å². The molecule has 13 heavy (non-hydrogen) atoms. The summed E-state index contributed by atoms with van der Waals surface area (Å²) in [4.78, 5) is 14.9. The van der Waals surface area contributed by atoms with Crippen LogP contribution in [0.3, 0.4) is 0 Å². The Labute approximate surface area is 78.4 Å². The molecule has 1 unspecified atom stereocenters. The molecule has 76 valence electrons. The Hall–Kier alpha value is -0.810. The molecule has 1 fully saturated rings. The quantitative estimate of drug-likeness (QED) is 0.592. The number of hydrogen-bond acceptors (Lipinski definition) is 3. The Morgan fingerprint density at radius 1 is 1.69 bits per heavy atom. The van der Waals surface area contributed by atoms with Crippen molar-refractivity contribution in [3.8, 4) is 0 Å². The van der Waals surface area contributed by atoms with Crippen LogP contribution in [0.5, 0.6) is 0 Å². The fraction of sp³-hybridized carbons (Fsp3) is 0.875. The molecule has 0 spiro atoms. The third-order valence-electron chi connectivity index (χ3n) is 2.13. The molecule has 2 amide bonds. The van der Waals surface area contributed by atoms with E-state index in [2.05, 4.69) is 0 Å². The molecule has 0 aromatic heterocycles. The summed E-state index contributed by atoms with van der Waals surface area (Å²) in [5.74, 6) is 0. The first-order valence-electron chi connectivity index (χ1n) is 4.42. The molecule has 1 atom stereocenters. The first kappa shape index (κ1) is 10.3. The average molecular weight is 187 g/mol. The van der Waals surface area contributed by atoms with Crippen LogP contribution >= 0.6 is 0 Å². The van der Waals surface area contributed by atoms with Gasteiger partial charge in [0.25, 0.3) is 0 Å². The third-order valence-corrected chi connectivity index (χ3v) is 2.13. The number of urea groups is 1. The largest absolute Gasteiger partial charge is 0.377 e. The van der Waals surface area contributed by atoms with Gasteiger partial charge in [-0.05, 0) is 0 Å². The molecule has 0 saturated carbocycles. The molecule has 5 heteroatoms. The Morgan fingerprint density at radius 2 is 2.38 bits per heavy atom. The average Bonchev–Trinajstić information content (AvgIpc) is 2.16. The van der Waals surface area contributed by atoms with E-state index in [1.54, 1.807) is 23.9 Å². The molecule has 1 heterocycles. The highest BCUT2D eigenvalue weighted by Gasteiger charge is 2.26. The molecule has 0 radical (unpaired) electrons. The molecule has 0 aliphatic carbocycles. The van der Waals surface area contributed by atoms with Crippen LogP contribution in [-0.2, 0) is 4.74 Å². The highest BCUT2D eigenvalue weighted by molar-refractivity contribution is 5.74. The predicted octanol–water partition coefficient (Wildman–Crippen LogP) is -0.672. The van der Waals surface area contributed by atoms with Gasteiger partial charge in [-0.15, -0.1) is 0 Å². The minimum atomic E-state index is 0.0127. The van der Waals surface area contributed by atoms with Gasteiger partial charge in [0.15, 0.2) is 0 Å². The summed E-state index contributed by atoms with van der Waals surface area (Å²) in [6.07, 6.45) is 0. The van der Waals surface area contributed by atoms with Crippen molar-refractivity contribution in [2.45, 2.75) is 6.04 Å². The molecule has 1 aliphatic rings. The summed E-state index contributed by atoms with van der Waals surface area (Å²) in [7, 11) is 3.48. The van der Waals surface area contributed by atoms with Gasteiger partial charge in [-0.25, -0.2) is 4.79 Å². The number of amides is 2. The van der Waals surface area contributed by atoms with Crippen molar-refractivity contribution >= 4 is 6.03 Å². The molecule has 1 rings (SSSR count). The minimum absolute atomic E-state index is 0.0127. The Morgan fingerprint density at radius 3 is 2.92 bits per heavy atom. The van der Waals surface area contributed by atoms with Gasteiger partial charge < -0.3 is 20.3 Å². The lowest BCUT2D eigenvalue weighted by Crippen LogP contribution is -2.54. The predicted molar refractivity (Wildman–Crippen MR) is 49.5 cm³/mol. The molecule has 2 N–H and O–H groups in total. The van der Waals surface area contributed by atoms with Crippen LogP contribution in [-0.4, -0.2) is 62.3 Å². The molecule has 0 aromatic rings. The Kier molecular flexibility index (Phi) is 3.50. The lowest BCUT2D eigenvalue weighted by molar-refractivity contribution is 0.0100. The SMILES string of the molecule is CN(C)C(=O)N1CCOCC1CN. The number of hydrogen-bond donors (Lipinski definition) is 1. The zero-order valence-electron chi connectivity index (χ0n) is 8.19. The Balaban J connectivity index is 2.58. The van der Waals surface area contributed by atoms with E-state index in [0.29, 0.717) is 26.3 Å². The second kappa shape index (κ2) is 4.43. The highest BCUT2D eigenvalue weighted by Crippen LogP contribution is 2.07. The zero-order valence-corrected chi connectivity index (χ0v) is 8.19. The van der Waals surface area contributed by atoms with Crippen molar-refractivity contribution in [1.29, 1.82) is 0 Å². The van der Waals surface area contributed by atoms with Gasteiger partial charge in [-0.1, -0.05) is 0 Å². The maximum absolute atomic E-state index is 11.6. The van der Waals surface area contributed by atoms with E-state index < -0.39 is 0 Å². The van der Waals surface area contributed by atoms with Crippen molar-refractivity contribution in [3.63, 3.8) is 0 Å². The van der Waals surface area contributed by atoms with Gasteiger partial charge in [-0.2, -0.15) is 0 Å². The highest BCUT2D eigenvalue weighted by atomic mass is 16.5. The number of carbonyl (C=O) groups excluding carboxylic acids is 1. The number of carbonyl (C=O) groups is 1. The fourth-order valence-electron chi connectivity index (χ4n) is 1.36. The molecular weight excluding hydrogens is 170 g/mol. The summed E-state index contributed by atoms with van der Waals surface area (Å²) in [6, 6.07) is 0.0439. The van der Waals surface area contributed by atoms with E-state index in [9.17, 15) is 4.79 Å². The second-order valence-corrected chi connectivity index (χ2v) is 3.33. The number of nitrogens with zero attached hydrogens (tertiary/aromatic N) is 2. The summed E-state index contributed by atoms with van der Waals surface area (Å²) in [6.45, 7) is 2.25. The van der Waals surface area contributed by atoms with Crippen molar-refractivity contribution in [2.24, 2.45) is 5.73 Å². The van der Waals surface area contributed by atoms with Crippen LogP contribution in [0.1, 0.15) is 0 Å². The van der Waals surface area contributed by atoms with Crippen molar-refractivity contribution < 1.29 is 9.53 Å². The van der Waals surface area contributed by atoms with Crippen LogP contribution in [0, 0.1) is 0 Å². The van der Waals surface area contributed by atoms with E-state index in [0.717, 1.165) is 0 Å². The fourth-order valence-corrected chi connectivity index (χ4v) is 1.36. The summed E-state index contributed by atoms with van der Waals surface area (Å²) in [5.41, 5.74) is 5.54. The van der Waals surface area contributed by atoms with Crippen LogP contribution < -0.4 is 5.73 Å². The van der Waals surface area contributed by atoms with Crippen LogP contribution in [0.2, 0.25) is 0 Å². The molecular formula is C8H17N3O2. The monoisotopic (exact) mass is 187 g/mol. The van der Waals surface area contributed by atoms with Gasteiger partial charge in [-0.3, -0.25) is 0 Å². The number of nitrogens with two attached hydrogens (primary N) is 1. The topological polar surface area (TPSA) is 58.8 Å². The van der Waals surface area contributed by atoms with E-state index in [4.69, 9.17) is 10.5 Å². The summed E-state index contributed by atoms with van der Waals surface area (Å²) < 4.78 is 5.24. The maximum Gasteiger partial charge on any atom is 0.319 e. The number of rotatable bonds is 1. The zero-order chi connectivity index (χ0) is 9.84. The van der Waals surface area contributed by atoms with E-state index in [1.807, 2.05) is 0 Å². The third kappa shape index (κ3) is 2.32. The summed E-state index contributed by atoms with van der Waals surface area (Å²) in [5, 5.41) is 0. The smallest absolute Gasteiger partial charge is 0.319 e. The number of ether oxygens (including phenoxy) is 1. The Bertz CT molecular complexity index is 184. The van der Waals surface area contributed by atoms with E-state index >= 15 is 0 Å². The molecule has 0 bridgehead atoms. The van der Waals surface area contributed by atoms with Crippen LogP contribution in [0.4, 0.5) is 4.79 Å². The maximum atomic E-state index is 11.6. The first-order chi connectivity index (χ1) is 6.16. The molecule has 0 aromatic carbocycles. The summed E-state index contributed by atoms with van der Waals surface area (Å²) >= 11 is 0. The van der Waals surface area contributed by atoms with E-state index in [-0.39, 0.29) is 12.1 Å². The standard InChI is InChI=1S/C8H17N3O2/c1-10(2)8(12)11-3-4-13-6-7(11)5-9/h7H,3-6,9H2,1-2H3. The van der Waals surface area contributed by atoms with E-state index in [1.165, 1.54) is 0 Å². The van der Waals surface area contributed by atoms with Crippen LogP contribution in [0.25, 0.3) is 0 Å². The molecule has 1 saturated heterocycles. The van der Waals surface area contributed by atoms with Gasteiger partial charge in [0.05, 0.1) is 19.3 Å². The van der Waals surface area contributed by atoms with Crippen LogP contribution in [0.15, 0.2) is 0 Å². The van der Waals surface area contributed by atoms with Gasteiger partial charge in [0.1, 0.15) is 0 Å². The molecule has 1 aliphatic heterocycles. The minimum Gasteiger partial charge on any atom is -0.377 e. The van der Waals surface area contributed by atoms with Crippen molar-refractivity contribution in [2.75, 3.05) is 40.4 Å². The lowest BCUT2D eigenvalue weighted by Gasteiger charge is -2.36. The second-order valence-electron chi connectivity index (χ2n) is 3.33.